The van der Waals surface area contributed by atoms with Gasteiger partial charge in [0.05, 0.1) is 0 Å². The average Bonchev–Trinajstić information content (AvgIpc) is 2.54. The summed E-state index contributed by atoms with van der Waals surface area (Å²) in [6.07, 6.45) is 1.20. The van der Waals surface area contributed by atoms with Crippen LogP contribution in [0.3, 0.4) is 0 Å². The summed E-state index contributed by atoms with van der Waals surface area (Å²) in [5.41, 5.74) is 2.23. The van der Waals surface area contributed by atoms with Crippen molar-refractivity contribution in [3.63, 3.8) is 0 Å². The zero-order valence-corrected chi connectivity index (χ0v) is 12.0. The van der Waals surface area contributed by atoms with Crippen molar-refractivity contribution >= 4 is 11.8 Å². The predicted molar refractivity (Wildman–Crippen MR) is 81.2 cm³/mol. The fourth-order valence-corrected chi connectivity index (χ4v) is 2.71. The Balaban J connectivity index is 1.89. The number of carbonyl (C=O) groups is 2. The fraction of sp³-hybridized carbons (Fsp3) is 0.222. The monoisotopic (exact) mass is 296 g/mol. The van der Waals surface area contributed by atoms with E-state index in [2.05, 4.69) is 0 Å². The molecule has 1 unspecified atom stereocenters. The standard InChI is InChI=1S/C18H16O4/c19-16-8-4-7-12-9-10-14(11-15(12)16)22-17(18(20)21)13-5-2-1-3-6-13/h1-3,5-6,9-11,17H,4,7-8H2,(H,20,21). The van der Waals surface area contributed by atoms with Gasteiger partial charge in [-0.1, -0.05) is 36.4 Å². The number of Topliss-reactive ketones (excluding diaryl/α,β-unsaturated/α-hetero) is 1. The molecule has 1 aliphatic rings. The topological polar surface area (TPSA) is 63.6 Å². The van der Waals surface area contributed by atoms with Gasteiger partial charge in [-0.15, -0.1) is 0 Å². The molecule has 3 rings (SSSR count). The molecule has 0 radical (unpaired) electrons. The largest absolute Gasteiger partial charge is 0.478 e. The molecular formula is C18H16O4. The number of ether oxygens (including phenoxy) is 1. The number of carboxylic acid groups (broad SMARTS) is 1. The highest BCUT2D eigenvalue weighted by atomic mass is 16.5. The molecule has 0 saturated heterocycles. The van der Waals surface area contributed by atoms with Crippen LogP contribution < -0.4 is 4.74 Å². The van der Waals surface area contributed by atoms with Crippen molar-refractivity contribution in [3.8, 4) is 5.75 Å². The maximum absolute atomic E-state index is 12.0. The molecule has 0 fully saturated rings. The summed E-state index contributed by atoms with van der Waals surface area (Å²) < 4.78 is 5.62. The van der Waals surface area contributed by atoms with Gasteiger partial charge in [0.15, 0.2) is 5.78 Å². The van der Waals surface area contributed by atoms with E-state index in [4.69, 9.17) is 4.74 Å². The van der Waals surface area contributed by atoms with E-state index in [1.165, 1.54) is 0 Å². The van der Waals surface area contributed by atoms with Crippen LogP contribution in [0.2, 0.25) is 0 Å². The highest BCUT2D eigenvalue weighted by Gasteiger charge is 2.23. The Hall–Kier alpha value is -2.62. The van der Waals surface area contributed by atoms with Gasteiger partial charge < -0.3 is 9.84 Å². The predicted octanol–water partition coefficient (Wildman–Crippen LogP) is 3.41. The fourth-order valence-electron chi connectivity index (χ4n) is 2.71. The van der Waals surface area contributed by atoms with Crippen molar-refractivity contribution < 1.29 is 19.4 Å². The van der Waals surface area contributed by atoms with E-state index in [9.17, 15) is 14.7 Å². The molecule has 0 bridgehead atoms. The molecule has 0 spiro atoms. The van der Waals surface area contributed by atoms with Crippen molar-refractivity contribution in [2.45, 2.75) is 25.4 Å². The number of benzene rings is 2. The Labute approximate surface area is 128 Å². The third kappa shape index (κ3) is 2.86. The highest BCUT2D eigenvalue weighted by molar-refractivity contribution is 5.98. The minimum atomic E-state index is -1.09. The van der Waals surface area contributed by atoms with E-state index in [1.54, 1.807) is 36.4 Å². The van der Waals surface area contributed by atoms with E-state index in [0.29, 0.717) is 23.3 Å². The number of carboxylic acids is 1. The lowest BCUT2D eigenvalue weighted by Gasteiger charge is -2.19. The molecular weight excluding hydrogens is 280 g/mol. The number of fused-ring (bicyclic) bond motifs is 1. The van der Waals surface area contributed by atoms with Gasteiger partial charge in [0.1, 0.15) is 5.75 Å². The normalized spacial score (nSPS) is 15.0. The second-order valence-electron chi connectivity index (χ2n) is 5.34. The SMILES string of the molecule is O=C1CCCc2ccc(OC(C(=O)O)c3ccccc3)cc21. The van der Waals surface area contributed by atoms with Crippen LogP contribution in [-0.2, 0) is 11.2 Å². The number of carbonyl (C=O) groups excluding carboxylic acids is 1. The Morgan fingerprint density at radius 2 is 1.86 bits per heavy atom. The Bertz CT molecular complexity index is 706. The summed E-state index contributed by atoms with van der Waals surface area (Å²) in [5, 5.41) is 9.39. The minimum Gasteiger partial charge on any atom is -0.478 e. The van der Waals surface area contributed by atoms with Crippen LogP contribution >= 0.6 is 0 Å². The number of hydrogen-bond acceptors (Lipinski definition) is 3. The lowest BCUT2D eigenvalue weighted by molar-refractivity contribution is -0.145. The van der Waals surface area contributed by atoms with Crippen LogP contribution in [0.15, 0.2) is 48.5 Å². The lowest BCUT2D eigenvalue weighted by atomic mass is 9.90. The van der Waals surface area contributed by atoms with Crippen molar-refractivity contribution in [2.75, 3.05) is 0 Å². The molecule has 1 aliphatic carbocycles. The molecule has 4 nitrogen and oxygen atoms in total. The molecule has 0 aromatic heterocycles. The lowest BCUT2D eigenvalue weighted by Crippen LogP contribution is -2.18. The van der Waals surface area contributed by atoms with Crippen molar-refractivity contribution in [1.29, 1.82) is 0 Å². The van der Waals surface area contributed by atoms with Crippen LogP contribution in [0.4, 0.5) is 0 Å². The van der Waals surface area contributed by atoms with E-state index in [-0.39, 0.29) is 5.78 Å². The van der Waals surface area contributed by atoms with Crippen molar-refractivity contribution in [2.24, 2.45) is 0 Å². The minimum absolute atomic E-state index is 0.0956. The molecule has 0 aliphatic heterocycles. The first-order valence-corrected chi connectivity index (χ1v) is 7.25. The first kappa shape index (κ1) is 14.3. The summed E-state index contributed by atoms with van der Waals surface area (Å²) in [4.78, 5) is 23.4. The summed E-state index contributed by atoms with van der Waals surface area (Å²) in [6, 6.07) is 14.0. The molecule has 112 valence electrons. The Morgan fingerprint density at radius 1 is 1.09 bits per heavy atom. The number of ketones is 1. The molecule has 0 heterocycles. The van der Waals surface area contributed by atoms with Gasteiger partial charge in [-0.25, -0.2) is 4.79 Å². The summed E-state index contributed by atoms with van der Waals surface area (Å²) in [7, 11) is 0. The maximum atomic E-state index is 12.0. The summed E-state index contributed by atoms with van der Waals surface area (Å²) >= 11 is 0. The van der Waals surface area contributed by atoms with Gasteiger partial charge in [-0.3, -0.25) is 4.79 Å². The molecule has 0 amide bonds. The quantitative estimate of drug-likeness (QED) is 0.939. The third-order valence-corrected chi connectivity index (χ3v) is 3.81. The Morgan fingerprint density at radius 3 is 2.59 bits per heavy atom. The number of rotatable bonds is 4. The van der Waals surface area contributed by atoms with Crippen LogP contribution in [-0.4, -0.2) is 16.9 Å². The highest BCUT2D eigenvalue weighted by Crippen LogP contribution is 2.28. The zero-order chi connectivity index (χ0) is 15.5. The van der Waals surface area contributed by atoms with E-state index >= 15 is 0 Å². The summed E-state index contributed by atoms with van der Waals surface area (Å²) in [6.45, 7) is 0. The molecule has 1 N–H and O–H groups in total. The maximum Gasteiger partial charge on any atom is 0.349 e. The van der Waals surface area contributed by atoms with E-state index in [0.717, 1.165) is 18.4 Å². The molecule has 2 aromatic rings. The van der Waals surface area contributed by atoms with E-state index < -0.39 is 12.1 Å². The second kappa shape index (κ2) is 6.02. The van der Waals surface area contributed by atoms with Gasteiger partial charge >= 0.3 is 5.97 Å². The van der Waals surface area contributed by atoms with Gasteiger partial charge in [0.25, 0.3) is 0 Å². The first-order valence-electron chi connectivity index (χ1n) is 7.25. The third-order valence-electron chi connectivity index (χ3n) is 3.81. The van der Waals surface area contributed by atoms with Gasteiger partial charge in [0.2, 0.25) is 6.10 Å². The number of aliphatic carboxylic acids is 1. The van der Waals surface area contributed by atoms with Crippen molar-refractivity contribution in [3.05, 3.63) is 65.2 Å². The number of aryl methyl sites for hydroxylation is 1. The number of hydrogen-bond donors (Lipinski definition) is 1. The van der Waals surface area contributed by atoms with Crippen molar-refractivity contribution in [1.82, 2.24) is 0 Å². The van der Waals surface area contributed by atoms with Crippen LogP contribution in [0.5, 0.6) is 5.75 Å². The smallest absolute Gasteiger partial charge is 0.349 e. The van der Waals surface area contributed by atoms with Crippen LogP contribution in [0, 0.1) is 0 Å². The van der Waals surface area contributed by atoms with Crippen LogP contribution in [0.25, 0.3) is 0 Å². The second-order valence-corrected chi connectivity index (χ2v) is 5.34. The summed E-state index contributed by atoms with van der Waals surface area (Å²) in [5.74, 6) is -0.557. The average molecular weight is 296 g/mol. The molecule has 0 saturated carbocycles. The Kier molecular flexibility index (Phi) is 3.92. The molecule has 2 aromatic carbocycles. The molecule has 4 heteroatoms. The van der Waals surface area contributed by atoms with E-state index in [1.807, 2.05) is 12.1 Å². The molecule has 1 atom stereocenters. The molecule has 22 heavy (non-hydrogen) atoms. The van der Waals surface area contributed by atoms with Gasteiger partial charge in [0, 0.05) is 17.5 Å². The van der Waals surface area contributed by atoms with Crippen LogP contribution in [0.1, 0.15) is 40.4 Å². The zero-order valence-electron chi connectivity index (χ0n) is 12.0. The van der Waals surface area contributed by atoms with Gasteiger partial charge in [-0.2, -0.15) is 0 Å². The first-order chi connectivity index (χ1) is 10.6. The van der Waals surface area contributed by atoms with Gasteiger partial charge in [-0.05, 0) is 30.5 Å².